The largest absolute Gasteiger partial charge is 0.361 e. The number of aromatic nitrogens is 2. The summed E-state index contributed by atoms with van der Waals surface area (Å²) in [5, 5.41) is 8.12. The molecule has 0 saturated carbocycles. The van der Waals surface area contributed by atoms with Crippen LogP contribution in [0.25, 0.3) is 10.2 Å². The van der Waals surface area contributed by atoms with Gasteiger partial charge in [-0.1, -0.05) is 22.6 Å². The SMILES string of the molecule is Cc1ccc2nc(NCc3cc(C)on3)sc2c1. The van der Waals surface area contributed by atoms with E-state index in [2.05, 4.69) is 34.5 Å². The van der Waals surface area contributed by atoms with Crippen LogP contribution in [0.4, 0.5) is 5.13 Å². The number of benzene rings is 1. The van der Waals surface area contributed by atoms with Crippen molar-refractivity contribution in [3.63, 3.8) is 0 Å². The van der Waals surface area contributed by atoms with E-state index in [1.165, 1.54) is 10.3 Å². The summed E-state index contributed by atoms with van der Waals surface area (Å²) in [6.07, 6.45) is 0. The maximum Gasteiger partial charge on any atom is 0.184 e. The van der Waals surface area contributed by atoms with Gasteiger partial charge in [0.15, 0.2) is 5.13 Å². The lowest BCUT2D eigenvalue weighted by molar-refractivity contribution is 0.391. The second-order valence-electron chi connectivity index (χ2n) is 4.27. The number of thiazole rings is 1. The molecule has 0 atom stereocenters. The quantitative estimate of drug-likeness (QED) is 0.782. The van der Waals surface area contributed by atoms with Gasteiger partial charge < -0.3 is 9.84 Å². The Hall–Kier alpha value is -1.88. The highest BCUT2D eigenvalue weighted by Gasteiger charge is 2.05. The van der Waals surface area contributed by atoms with Gasteiger partial charge in [0.25, 0.3) is 0 Å². The molecule has 0 aliphatic heterocycles. The van der Waals surface area contributed by atoms with Crippen molar-refractivity contribution in [2.75, 3.05) is 5.32 Å². The summed E-state index contributed by atoms with van der Waals surface area (Å²) in [7, 11) is 0. The first-order chi connectivity index (χ1) is 8.70. The second-order valence-corrected chi connectivity index (χ2v) is 5.30. The first-order valence-electron chi connectivity index (χ1n) is 5.74. The van der Waals surface area contributed by atoms with Gasteiger partial charge in [-0.25, -0.2) is 4.98 Å². The smallest absolute Gasteiger partial charge is 0.184 e. The third-order valence-electron chi connectivity index (χ3n) is 2.64. The van der Waals surface area contributed by atoms with Gasteiger partial charge in [-0.15, -0.1) is 0 Å². The molecule has 0 aliphatic rings. The van der Waals surface area contributed by atoms with Crippen LogP contribution < -0.4 is 5.32 Å². The lowest BCUT2D eigenvalue weighted by atomic mass is 10.2. The highest BCUT2D eigenvalue weighted by atomic mass is 32.1. The normalized spacial score (nSPS) is 11.0. The number of anilines is 1. The number of hydrogen-bond donors (Lipinski definition) is 1. The van der Waals surface area contributed by atoms with Gasteiger partial charge in [0, 0.05) is 6.07 Å². The number of aryl methyl sites for hydroxylation is 2. The fourth-order valence-electron chi connectivity index (χ4n) is 1.77. The molecule has 0 aliphatic carbocycles. The average molecular weight is 259 g/mol. The maximum absolute atomic E-state index is 5.02. The summed E-state index contributed by atoms with van der Waals surface area (Å²) in [6, 6.07) is 8.20. The first-order valence-corrected chi connectivity index (χ1v) is 6.55. The molecule has 2 aromatic heterocycles. The molecule has 5 heteroatoms. The monoisotopic (exact) mass is 259 g/mol. The van der Waals surface area contributed by atoms with Crippen LogP contribution >= 0.6 is 11.3 Å². The summed E-state index contributed by atoms with van der Waals surface area (Å²) < 4.78 is 6.22. The topological polar surface area (TPSA) is 51.0 Å². The Bertz CT molecular complexity index is 686. The van der Waals surface area contributed by atoms with Gasteiger partial charge in [0.05, 0.1) is 16.8 Å². The summed E-state index contributed by atoms with van der Waals surface area (Å²) in [5.41, 5.74) is 3.18. The fourth-order valence-corrected chi connectivity index (χ4v) is 2.73. The fraction of sp³-hybridized carbons (Fsp3) is 0.231. The van der Waals surface area contributed by atoms with Crippen molar-refractivity contribution in [1.29, 1.82) is 0 Å². The van der Waals surface area contributed by atoms with Gasteiger partial charge in [-0.2, -0.15) is 0 Å². The van der Waals surface area contributed by atoms with Crippen molar-refractivity contribution < 1.29 is 4.52 Å². The zero-order chi connectivity index (χ0) is 12.5. The number of nitrogens with zero attached hydrogens (tertiary/aromatic N) is 2. The lowest BCUT2D eigenvalue weighted by Crippen LogP contribution is -1.98. The molecule has 4 nitrogen and oxygen atoms in total. The average Bonchev–Trinajstić information content (AvgIpc) is 2.92. The van der Waals surface area contributed by atoms with Gasteiger partial charge >= 0.3 is 0 Å². The van der Waals surface area contributed by atoms with E-state index in [1.807, 2.05) is 19.1 Å². The van der Waals surface area contributed by atoms with Crippen LogP contribution in [-0.2, 0) is 6.54 Å². The Labute approximate surface area is 109 Å². The molecule has 18 heavy (non-hydrogen) atoms. The summed E-state index contributed by atoms with van der Waals surface area (Å²) in [5.74, 6) is 0.826. The molecule has 0 bridgehead atoms. The van der Waals surface area contributed by atoms with E-state index in [0.717, 1.165) is 22.1 Å². The number of hydrogen-bond acceptors (Lipinski definition) is 5. The van der Waals surface area contributed by atoms with Gasteiger partial charge in [-0.3, -0.25) is 0 Å². The van der Waals surface area contributed by atoms with Gasteiger partial charge in [0.1, 0.15) is 11.5 Å². The highest BCUT2D eigenvalue weighted by Crippen LogP contribution is 2.26. The third kappa shape index (κ3) is 2.22. The minimum atomic E-state index is 0.635. The predicted octanol–water partition coefficient (Wildman–Crippen LogP) is 3.51. The Morgan fingerprint density at radius 2 is 2.17 bits per heavy atom. The predicted molar refractivity (Wildman–Crippen MR) is 72.9 cm³/mol. The molecule has 0 spiro atoms. The molecule has 3 aromatic rings. The molecule has 1 N–H and O–H groups in total. The molecular formula is C13H13N3OS. The van der Waals surface area contributed by atoms with Crippen LogP contribution in [-0.4, -0.2) is 10.1 Å². The minimum absolute atomic E-state index is 0.635. The van der Waals surface area contributed by atoms with E-state index in [4.69, 9.17) is 4.52 Å². The molecule has 1 aromatic carbocycles. The van der Waals surface area contributed by atoms with Crippen molar-refractivity contribution in [1.82, 2.24) is 10.1 Å². The van der Waals surface area contributed by atoms with Gasteiger partial charge in [0.2, 0.25) is 0 Å². The minimum Gasteiger partial charge on any atom is -0.361 e. The lowest BCUT2D eigenvalue weighted by Gasteiger charge is -1.96. The number of nitrogens with one attached hydrogen (secondary N) is 1. The molecule has 0 saturated heterocycles. The molecule has 92 valence electrons. The van der Waals surface area contributed by atoms with Crippen LogP contribution in [0.1, 0.15) is 17.0 Å². The van der Waals surface area contributed by atoms with E-state index in [9.17, 15) is 0 Å². The Kier molecular flexibility index (Phi) is 2.76. The van der Waals surface area contributed by atoms with Crippen molar-refractivity contribution in [3.8, 4) is 0 Å². The van der Waals surface area contributed by atoms with Gasteiger partial charge in [-0.05, 0) is 31.5 Å². The number of rotatable bonds is 3. The zero-order valence-electron chi connectivity index (χ0n) is 10.2. The molecule has 0 unspecified atom stereocenters. The maximum atomic E-state index is 5.02. The van der Waals surface area contributed by atoms with E-state index in [1.54, 1.807) is 11.3 Å². The highest BCUT2D eigenvalue weighted by molar-refractivity contribution is 7.22. The van der Waals surface area contributed by atoms with E-state index in [0.29, 0.717) is 6.54 Å². The van der Waals surface area contributed by atoms with Crippen LogP contribution in [0.15, 0.2) is 28.8 Å². The van der Waals surface area contributed by atoms with Crippen molar-refractivity contribution in [3.05, 3.63) is 41.3 Å². The Morgan fingerprint density at radius 1 is 1.28 bits per heavy atom. The summed E-state index contributed by atoms with van der Waals surface area (Å²) >= 11 is 1.66. The molecule has 0 amide bonds. The number of fused-ring (bicyclic) bond motifs is 1. The Morgan fingerprint density at radius 3 is 2.94 bits per heavy atom. The standard InChI is InChI=1S/C13H13N3OS/c1-8-3-4-11-12(5-8)18-13(15-11)14-7-10-6-9(2)17-16-10/h3-6H,7H2,1-2H3,(H,14,15). The van der Waals surface area contributed by atoms with E-state index in [-0.39, 0.29) is 0 Å². The van der Waals surface area contributed by atoms with Crippen LogP contribution in [0.5, 0.6) is 0 Å². The van der Waals surface area contributed by atoms with E-state index < -0.39 is 0 Å². The molecule has 0 fully saturated rings. The van der Waals surface area contributed by atoms with Crippen LogP contribution in [0, 0.1) is 13.8 Å². The molecular weight excluding hydrogens is 246 g/mol. The summed E-state index contributed by atoms with van der Waals surface area (Å²) in [6.45, 7) is 4.61. The van der Waals surface area contributed by atoms with Crippen molar-refractivity contribution >= 4 is 26.7 Å². The van der Waals surface area contributed by atoms with E-state index >= 15 is 0 Å². The van der Waals surface area contributed by atoms with Crippen LogP contribution in [0.2, 0.25) is 0 Å². The van der Waals surface area contributed by atoms with Crippen LogP contribution in [0.3, 0.4) is 0 Å². The zero-order valence-corrected chi connectivity index (χ0v) is 11.0. The molecule has 2 heterocycles. The molecule has 0 radical (unpaired) electrons. The third-order valence-corrected chi connectivity index (χ3v) is 3.62. The van der Waals surface area contributed by atoms with Crippen molar-refractivity contribution in [2.24, 2.45) is 0 Å². The second kappa shape index (κ2) is 4.42. The summed E-state index contributed by atoms with van der Waals surface area (Å²) in [4.78, 5) is 4.52. The van der Waals surface area contributed by atoms with Crippen molar-refractivity contribution in [2.45, 2.75) is 20.4 Å². The first kappa shape index (κ1) is 11.2. The molecule has 3 rings (SSSR count). The Balaban J connectivity index is 1.78.